The van der Waals surface area contributed by atoms with E-state index in [9.17, 15) is 13.6 Å². The van der Waals surface area contributed by atoms with Crippen LogP contribution < -0.4 is 5.73 Å². The third-order valence-corrected chi connectivity index (χ3v) is 1.61. The molecule has 0 aliphatic rings. The molecule has 0 saturated heterocycles. The summed E-state index contributed by atoms with van der Waals surface area (Å²) >= 11 is 0. The Labute approximate surface area is 71.1 Å². The molecule has 0 aliphatic heterocycles. The minimum atomic E-state index is -1.95. The Morgan fingerprint density at radius 2 is 1.58 bits per heavy atom. The van der Waals surface area contributed by atoms with E-state index >= 15 is 0 Å². The van der Waals surface area contributed by atoms with Crippen LogP contribution in [-0.2, 0) is 4.79 Å². The van der Waals surface area contributed by atoms with Crippen LogP contribution in [0, 0.1) is 5.41 Å². The molecule has 0 bridgehead atoms. The summed E-state index contributed by atoms with van der Waals surface area (Å²) in [5.41, 5.74) is 2.48. The number of carbonyl (C=O) groups excluding carboxylic acids is 1. The molecule has 0 heterocycles. The summed E-state index contributed by atoms with van der Waals surface area (Å²) in [6, 6.07) is 0. The Morgan fingerprint density at radius 3 is 1.67 bits per heavy atom. The molecule has 0 radical (unpaired) electrons. The Bertz CT molecular complexity index is 170. The van der Waals surface area contributed by atoms with E-state index in [4.69, 9.17) is 5.73 Å². The first-order chi connectivity index (χ1) is 5.28. The fraction of sp³-hybridized carbons (Fsp3) is 0.875. The summed E-state index contributed by atoms with van der Waals surface area (Å²) in [7, 11) is 0. The summed E-state index contributed by atoms with van der Waals surface area (Å²) < 4.78 is 24.5. The minimum absolute atomic E-state index is 0.583. The summed E-state index contributed by atoms with van der Waals surface area (Å²) in [6.07, 6.45) is 0. The second kappa shape index (κ2) is 3.47. The molecule has 4 heteroatoms. The molecule has 0 fully saturated rings. The van der Waals surface area contributed by atoms with Crippen LogP contribution in [0.1, 0.15) is 20.8 Å². The first-order valence-corrected chi connectivity index (χ1v) is 3.73. The van der Waals surface area contributed by atoms with E-state index in [0.29, 0.717) is 0 Å². The summed E-state index contributed by atoms with van der Waals surface area (Å²) in [4.78, 5) is 11.3. The molecule has 0 atom stereocenters. The lowest BCUT2D eigenvalue weighted by atomic mass is 9.80. The van der Waals surface area contributed by atoms with Crippen LogP contribution in [0.25, 0.3) is 0 Å². The van der Waals surface area contributed by atoms with Gasteiger partial charge in [-0.2, -0.15) is 0 Å². The maximum Gasteiger partial charge on any atom is 0.163 e. The molecule has 0 saturated carbocycles. The van der Waals surface area contributed by atoms with Gasteiger partial charge in [-0.3, -0.25) is 4.79 Å². The Balaban J connectivity index is 4.66. The van der Waals surface area contributed by atoms with Gasteiger partial charge >= 0.3 is 0 Å². The normalized spacial score (nSPS) is 13.2. The van der Waals surface area contributed by atoms with Crippen molar-refractivity contribution in [1.82, 2.24) is 0 Å². The number of Topliss-reactive ketones (excluding diaryl/α,β-unsaturated/α-hetero) is 1. The second-order valence-corrected chi connectivity index (χ2v) is 4.00. The first kappa shape index (κ1) is 11.5. The molecule has 72 valence electrons. The lowest BCUT2D eigenvalue weighted by molar-refractivity contribution is -0.133. The quantitative estimate of drug-likeness (QED) is 0.708. The fourth-order valence-corrected chi connectivity index (χ4v) is 0.904. The van der Waals surface area contributed by atoms with Crippen LogP contribution in [-0.4, -0.2) is 24.7 Å². The molecular formula is C8H15F2NO. The largest absolute Gasteiger partial charge is 0.315 e. The van der Waals surface area contributed by atoms with Crippen LogP contribution >= 0.6 is 0 Å². The van der Waals surface area contributed by atoms with Gasteiger partial charge in [-0.15, -0.1) is 0 Å². The van der Waals surface area contributed by atoms with Gasteiger partial charge in [0, 0.05) is 5.41 Å². The number of halogens is 2. The fourth-order valence-electron chi connectivity index (χ4n) is 0.904. The molecular weight excluding hydrogens is 164 g/mol. The number of rotatable bonds is 3. The molecule has 0 aromatic carbocycles. The van der Waals surface area contributed by atoms with E-state index in [1.54, 1.807) is 20.8 Å². The van der Waals surface area contributed by atoms with Crippen molar-refractivity contribution < 1.29 is 13.6 Å². The van der Waals surface area contributed by atoms with Crippen molar-refractivity contribution in [2.45, 2.75) is 26.3 Å². The highest BCUT2D eigenvalue weighted by Gasteiger charge is 2.40. The van der Waals surface area contributed by atoms with Gasteiger partial charge in [-0.05, 0) is 0 Å². The average molecular weight is 179 g/mol. The lowest BCUT2D eigenvalue weighted by Gasteiger charge is -2.28. The van der Waals surface area contributed by atoms with Crippen LogP contribution in [0.15, 0.2) is 0 Å². The van der Waals surface area contributed by atoms with Gasteiger partial charge in [0.15, 0.2) is 5.78 Å². The molecule has 2 N–H and O–H groups in total. The van der Waals surface area contributed by atoms with Crippen molar-refractivity contribution in [2.75, 3.05) is 13.3 Å². The molecule has 0 aromatic heterocycles. The van der Waals surface area contributed by atoms with Gasteiger partial charge in [-0.1, -0.05) is 20.8 Å². The number of hydrogen-bond acceptors (Lipinski definition) is 2. The van der Waals surface area contributed by atoms with Crippen molar-refractivity contribution in [3.8, 4) is 0 Å². The smallest absolute Gasteiger partial charge is 0.163 e. The predicted molar refractivity (Wildman–Crippen MR) is 43.3 cm³/mol. The zero-order valence-corrected chi connectivity index (χ0v) is 7.66. The highest BCUT2D eigenvalue weighted by Crippen LogP contribution is 2.22. The maximum atomic E-state index is 12.2. The Hall–Kier alpha value is -0.510. The predicted octanol–water partition coefficient (Wildman–Crippen LogP) is 1.24. The van der Waals surface area contributed by atoms with Crippen molar-refractivity contribution in [2.24, 2.45) is 11.1 Å². The number of alkyl halides is 2. The van der Waals surface area contributed by atoms with E-state index in [-0.39, 0.29) is 0 Å². The third-order valence-electron chi connectivity index (χ3n) is 1.61. The molecule has 0 rings (SSSR count). The minimum Gasteiger partial charge on any atom is -0.315 e. The Kier molecular flexibility index (Phi) is 3.33. The molecule has 0 unspecified atom stereocenters. The molecule has 12 heavy (non-hydrogen) atoms. The second-order valence-electron chi connectivity index (χ2n) is 4.00. The highest BCUT2D eigenvalue weighted by atomic mass is 19.1. The SMILES string of the molecule is CC(C)(C)C(=O)C(N)(CF)CF. The standard InChI is InChI=1S/C8H15F2NO/c1-7(2,3)6(12)8(11,4-9)5-10/h4-5,11H2,1-3H3. The van der Waals surface area contributed by atoms with E-state index in [1.165, 1.54) is 0 Å². The lowest BCUT2D eigenvalue weighted by Crippen LogP contribution is -2.56. The van der Waals surface area contributed by atoms with E-state index < -0.39 is 30.1 Å². The zero-order valence-electron chi connectivity index (χ0n) is 7.66. The average Bonchev–Trinajstić information content (AvgIpc) is 2.00. The number of ketones is 1. The van der Waals surface area contributed by atoms with E-state index in [0.717, 1.165) is 0 Å². The topological polar surface area (TPSA) is 43.1 Å². The number of nitrogens with two attached hydrogens (primary N) is 1. The molecule has 0 aliphatic carbocycles. The molecule has 0 amide bonds. The molecule has 0 spiro atoms. The van der Waals surface area contributed by atoms with Gasteiger partial charge < -0.3 is 5.73 Å². The van der Waals surface area contributed by atoms with E-state index in [2.05, 4.69) is 0 Å². The van der Waals surface area contributed by atoms with Crippen LogP contribution in [0.4, 0.5) is 8.78 Å². The van der Waals surface area contributed by atoms with E-state index in [1.807, 2.05) is 0 Å². The van der Waals surface area contributed by atoms with Gasteiger partial charge in [-0.25, -0.2) is 8.78 Å². The number of hydrogen-bond donors (Lipinski definition) is 1. The third kappa shape index (κ3) is 2.24. The first-order valence-electron chi connectivity index (χ1n) is 3.73. The zero-order chi connectivity index (χ0) is 9.99. The van der Waals surface area contributed by atoms with Gasteiger partial charge in [0.2, 0.25) is 0 Å². The monoisotopic (exact) mass is 179 g/mol. The molecule has 2 nitrogen and oxygen atoms in total. The number of carbonyl (C=O) groups is 1. The van der Waals surface area contributed by atoms with Gasteiger partial charge in [0.05, 0.1) is 0 Å². The summed E-state index contributed by atoms with van der Waals surface area (Å²) in [5, 5.41) is 0. The van der Waals surface area contributed by atoms with Crippen LogP contribution in [0.5, 0.6) is 0 Å². The summed E-state index contributed by atoms with van der Waals surface area (Å²) in [6.45, 7) is 2.45. The van der Waals surface area contributed by atoms with Crippen LogP contribution in [0.2, 0.25) is 0 Å². The van der Waals surface area contributed by atoms with Crippen LogP contribution in [0.3, 0.4) is 0 Å². The maximum absolute atomic E-state index is 12.2. The van der Waals surface area contributed by atoms with Crippen molar-refractivity contribution in [3.05, 3.63) is 0 Å². The Morgan fingerprint density at radius 1 is 1.25 bits per heavy atom. The molecule has 0 aromatic rings. The summed E-state index contributed by atoms with van der Waals surface area (Å²) in [5.74, 6) is -0.583. The van der Waals surface area contributed by atoms with Gasteiger partial charge in [0.25, 0.3) is 0 Å². The van der Waals surface area contributed by atoms with Crippen molar-refractivity contribution in [1.29, 1.82) is 0 Å². The van der Waals surface area contributed by atoms with Crippen molar-refractivity contribution >= 4 is 5.78 Å². The van der Waals surface area contributed by atoms with Gasteiger partial charge in [0.1, 0.15) is 18.9 Å². The highest BCUT2D eigenvalue weighted by molar-refractivity contribution is 5.92. The van der Waals surface area contributed by atoms with Crippen molar-refractivity contribution in [3.63, 3.8) is 0 Å².